The molecular weight excluding hydrogens is 178 g/mol. The summed E-state index contributed by atoms with van der Waals surface area (Å²) in [6, 6.07) is 3.80. The minimum absolute atomic E-state index is 0.348. The maximum atomic E-state index is 10.7. The van der Waals surface area contributed by atoms with Crippen LogP contribution in [-0.4, -0.2) is 20.9 Å². The lowest BCUT2D eigenvalue weighted by atomic mass is 10.1. The van der Waals surface area contributed by atoms with Crippen molar-refractivity contribution in [3.63, 3.8) is 0 Å². The van der Waals surface area contributed by atoms with E-state index in [1.807, 2.05) is 12.1 Å². The van der Waals surface area contributed by atoms with Crippen molar-refractivity contribution >= 4 is 11.9 Å². The summed E-state index contributed by atoms with van der Waals surface area (Å²) >= 11 is 0. The summed E-state index contributed by atoms with van der Waals surface area (Å²) in [6.45, 7) is 4.12. The van der Waals surface area contributed by atoms with Crippen LogP contribution in [0.3, 0.4) is 0 Å². The Balaban J connectivity index is 2.67. The number of carbonyl (C=O) groups is 1. The Morgan fingerprint density at radius 2 is 2.21 bits per heavy atom. The number of imidazole rings is 1. The van der Waals surface area contributed by atoms with Gasteiger partial charge in [0.05, 0.1) is 11.9 Å². The van der Waals surface area contributed by atoms with Crippen LogP contribution < -0.4 is 0 Å². The van der Waals surface area contributed by atoms with Gasteiger partial charge in [-0.15, -0.1) is 0 Å². The maximum absolute atomic E-state index is 10.7. The van der Waals surface area contributed by atoms with E-state index < -0.39 is 0 Å². The molecule has 2 aromatic heterocycles. The smallest absolute Gasteiger partial charge is 0.170 e. The third-order valence-corrected chi connectivity index (χ3v) is 2.12. The lowest BCUT2D eigenvalue weighted by Crippen LogP contribution is -2.01. The number of aromatic nitrogens is 3. The minimum atomic E-state index is 0.348. The van der Waals surface area contributed by atoms with Gasteiger partial charge in [-0.25, -0.2) is 9.50 Å². The van der Waals surface area contributed by atoms with E-state index in [1.54, 1.807) is 4.52 Å². The molecule has 4 nitrogen and oxygen atoms in total. The van der Waals surface area contributed by atoms with Crippen LogP contribution in [0.4, 0.5) is 0 Å². The summed E-state index contributed by atoms with van der Waals surface area (Å²) < 4.78 is 1.57. The molecule has 72 valence electrons. The molecule has 0 spiro atoms. The summed E-state index contributed by atoms with van der Waals surface area (Å²) in [7, 11) is 0. The van der Waals surface area contributed by atoms with Crippen LogP contribution in [0.1, 0.15) is 35.9 Å². The SMILES string of the molecule is CC(C)c1ccc2ncc(C=O)n2n1. The summed E-state index contributed by atoms with van der Waals surface area (Å²) in [5, 5.41) is 4.33. The van der Waals surface area contributed by atoms with E-state index in [9.17, 15) is 4.79 Å². The van der Waals surface area contributed by atoms with Gasteiger partial charge in [0.1, 0.15) is 5.69 Å². The van der Waals surface area contributed by atoms with E-state index in [2.05, 4.69) is 23.9 Å². The normalized spacial score (nSPS) is 11.1. The highest BCUT2D eigenvalue weighted by atomic mass is 16.1. The molecule has 0 aliphatic heterocycles. The molecule has 0 amide bonds. The van der Waals surface area contributed by atoms with Crippen molar-refractivity contribution in [1.82, 2.24) is 14.6 Å². The molecule has 2 heterocycles. The van der Waals surface area contributed by atoms with Crippen LogP contribution in [0, 0.1) is 0 Å². The molecule has 0 bridgehead atoms. The van der Waals surface area contributed by atoms with Crippen molar-refractivity contribution < 1.29 is 4.79 Å². The number of fused-ring (bicyclic) bond motifs is 1. The summed E-state index contributed by atoms with van der Waals surface area (Å²) in [5.74, 6) is 0.348. The Kier molecular flexibility index (Phi) is 2.04. The highest BCUT2D eigenvalue weighted by Gasteiger charge is 2.06. The zero-order valence-corrected chi connectivity index (χ0v) is 8.14. The molecule has 2 rings (SSSR count). The average molecular weight is 189 g/mol. The monoisotopic (exact) mass is 189 g/mol. The van der Waals surface area contributed by atoms with Crippen molar-refractivity contribution in [2.45, 2.75) is 19.8 Å². The topological polar surface area (TPSA) is 47.3 Å². The third kappa shape index (κ3) is 1.28. The molecule has 2 aromatic rings. The van der Waals surface area contributed by atoms with Gasteiger partial charge in [0, 0.05) is 0 Å². The standard InChI is InChI=1S/C10H11N3O/c1-7(2)9-3-4-10-11-5-8(6-14)13(10)12-9/h3-7H,1-2H3. The lowest BCUT2D eigenvalue weighted by molar-refractivity contribution is 0.111. The van der Waals surface area contributed by atoms with Gasteiger partial charge in [-0.05, 0) is 18.1 Å². The van der Waals surface area contributed by atoms with E-state index in [-0.39, 0.29) is 0 Å². The van der Waals surface area contributed by atoms with Gasteiger partial charge in [-0.1, -0.05) is 13.8 Å². The van der Waals surface area contributed by atoms with Crippen molar-refractivity contribution in [1.29, 1.82) is 0 Å². The molecule has 0 aromatic carbocycles. The summed E-state index contributed by atoms with van der Waals surface area (Å²) in [6.07, 6.45) is 2.29. The van der Waals surface area contributed by atoms with Gasteiger partial charge in [-0.2, -0.15) is 5.10 Å². The Labute approximate surface area is 81.6 Å². The summed E-state index contributed by atoms with van der Waals surface area (Å²) in [4.78, 5) is 14.7. The van der Waals surface area contributed by atoms with Crippen LogP contribution in [-0.2, 0) is 0 Å². The Morgan fingerprint density at radius 3 is 2.86 bits per heavy atom. The number of carbonyl (C=O) groups excluding carboxylic acids is 1. The largest absolute Gasteiger partial charge is 0.296 e. The van der Waals surface area contributed by atoms with Crippen LogP contribution in [0.15, 0.2) is 18.3 Å². The number of hydrogen-bond donors (Lipinski definition) is 0. The second-order valence-corrected chi connectivity index (χ2v) is 3.48. The average Bonchev–Trinajstić information content (AvgIpc) is 2.59. The van der Waals surface area contributed by atoms with Crippen LogP contribution in [0.25, 0.3) is 5.65 Å². The van der Waals surface area contributed by atoms with Crippen molar-refractivity contribution in [2.24, 2.45) is 0 Å². The highest BCUT2D eigenvalue weighted by molar-refractivity contribution is 5.73. The van der Waals surface area contributed by atoms with Crippen molar-refractivity contribution in [2.75, 3.05) is 0 Å². The fraction of sp³-hybridized carbons (Fsp3) is 0.300. The van der Waals surface area contributed by atoms with Crippen LogP contribution in [0.5, 0.6) is 0 Å². The Bertz CT molecular complexity index is 473. The first-order valence-corrected chi connectivity index (χ1v) is 4.52. The molecule has 0 saturated heterocycles. The van der Waals surface area contributed by atoms with Crippen molar-refractivity contribution in [3.05, 3.63) is 29.7 Å². The first kappa shape index (κ1) is 8.87. The van der Waals surface area contributed by atoms with Gasteiger partial charge >= 0.3 is 0 Å². The fourth-order valence-corrected chi connectivity index (χ4v) is 1.29. The van der Waals surface area contributed by atoms with Gasteiger partial charge in [0.2, 0.25) is 0 Å². The fourth-order valence-electron chi connectivity index (χ4n) is 1.29. The van der Waals surface area contributed by atoms with Crippen molar-refractivity contribution in [3.8, 4) is 0 Å². The molecule has 0 aliphatic rings. The quantitative estimate of drug-likeness (QED) is 0.675. The predicted molar refractivity (Wildman–Crippen MR) is 52.5 cm³/mol. The highest BCUT2D eigenvalue weighted by Crippen LogP contribution is 2.12. The number of hydrogen-bond acceptors (Lipinski definition) is 3. The molecule has 0 atom stereocenters. The number of rotatable bonds is 2. The predicted octanol–water partition coefficient (Wildman–Crippen LogP) is 1.67. The molecule has 0 saturated carbocycles. The van der Waals surface area contributed by atoms with Gasteiger partial charge in [0.25, 0.3) is 0 Å². The molecule has 0 unspecified atom stereocenters. The van der Waals surface area contributed by atoms with Gasteiger partial charge in [0.15, 0.2) is 11.9 Å². The number of aldehydes is 1. The van der Waals surface area contributed by atoms with E-state index in [0.717, 1.165) is 12.0 Å². The van der Waals surface area contributed by atoms with E-state index in [0.29, 0.717) is 17.3 Å². The molecule has 0 N–H and O–H groups in total. The van der Waals surface area contributed by atoms with Gasteiger partial charge in [-0.3, -0.25) is 4.79 Å². The first-order valence-electron chi connectivity index (χ1n) is 4.52. The third-order valence-electron chi connectivity index (χ3n) is 2.12. The first-order chi connectivity index (χ1) is 6.72. The molecule has 4 heteroatoms. The maximum Gasteiger partial charge on any atom is 0.170 e. The van der Waals surface area contributed by atoms with E-state index in [1.165, 1.54) is 6.20 Å². The van der Waals surface area contributed by atoms with E-state index in [4.69, 9.17) is 0 Å². The Hall–Kier alpha value is -1.71. The van der Waals surface area contributed by atoms with Crippen LogP contribution in [0.2, 0.25) is 0 Å². The summed E-state index contributed by atoms with van der Waals surface area (Å²) in [5.41, 5.74) is 2.15. The molecule has 0 radical (unpaired) electrons. The Morgan fingerprint density at radius 1 is 1.43 bits per heavy atom. The zero-order chi connectivity index (χ0) is 10.1. The lowest BCUT2D eigenvalue weighted by Gasteiger charge is -2.04. The molecule has 14 heavy (non-hydrogen) atoms. The van der Waals surface area contributed by atoms with Gasteiger partial charge < -0.3 is 0 Å². The minimum Gasteiger partial charge on any atom is -0.296 e. The second-order valence-electron chi connectivity index (χ2n) is 3.48. The number of nitrogens with zero attached hydrogens (tertiary/aromatic N) is 3. The second kappa shape index (κ2) is 3.21. The molecular formula is C10H11N3O. The molecule has 0 fully saturated rings. The zero-order valence-electron chi connectivity index (χ0n) is 8.14. The van der Waals surface area contributed by atoms with E-state index >= 15 is 0 Å². The molecule has 0 aliphatic carbocycles. The van der Waals surface area contributed by atoms with Crippen LogP contribution >= 0.6 is 0 Å².